The molecule has 1 heterocycles. The van der Waals surface area contributed by atoms with E-state index < -0.39 is 11.8 Å². The van der Waals surface area contributed by atoms with E-state index in [1.54, 1.807) is 62.4 Å². The van der Waals surface area contributed by atoms with Crippen LogP contribution >= 0.6 is 0 Å². The van der Waals surface area contributed by atoms with E-state index in [0.717, 1.165) is 0 Å². The minimum atomic E-state index is -0.685. The number of benzene rings is 2. The van der Waals surface area contributed by atoms with Gasteiger partial charge >= 0.3 is 0 Å². The molecule has 3 rings (SSSR count). The van der Waals surface area contributed by atoms with Crippen molar-refractivity contribution in [3.8, 4) is 6.07 Å². The molecule has 3 aromatic rings. The highest BCUT2D eigenvalue weighted by atomic mass is 16.2. The Labute approximate surface area is 202 Å². The van der Waals surface area contributed by atoms with E-state index >= 15 is 0 Å². The Bertz CT molecular complexity index is 1330. The molecule has 0 spiro atoms. The molecule has 2 aromatic carbocycles. The first kappa shape index (κ1) is 25.1. The van der Waals surface area contributed by atoms with Gasteiger partial charge in [-0.15, -0.1) is 0 Å². The van der Waals surface area contributed by atoms with Gasteiger partial charge in [0.15, 0.2) is 5.69 Å². The van der Waals surface area contributed by atoms with Gasteiger partial charge in [0, 0.05) is 30.5 Å². The number of rotatable bonds is 8. The fourth-order valence-corrected chi connectivity index (χ4v) is 3.50. The molecule has 10 heteroatoms. The van der Waals surface area contributed by atoms with Gasteiger partial charge in [-0.05, 0) is 32.0 Å². The van der Waals surface area contributed by atoms with Crippen LogP contribution in [0.3, 0.4) is 0 Å². The van der Waals surface area contributed by atoms with Crippen LogP contribution in [-0.2, 0) is 9.59 Å². The van der Waals surface area contributed by atoms with Crippen LogP contribution in [0, 0.1) is 11.3 Å². The van der Waals surface area contributed by atoms with Gasteiger partial charge in [-0.2, -0.15) is 10.4 Å². The lowest BCUT2D eigenvalue weighted by atomic mass is 10.1. The van der Waals surface area contributed by atoms with Crippen molar-refractivity contribution in [2.75, 3.05) is 11.4 Å². The largest absolute Gasteiger partial charge is 0.311 e. The van der Waals surface area contributed by atoms with Crippen molar-refractivity contribution in [2.45, 2.75) is 39.2 Å². The van der Waals surface area contributed by atoms with E-state index in [1.807, 2.05) is 12.1 Å². The second kappa shape index (κ2) is 11.6. The minimum absolute atomic E-state index is 0.00275. The Morgan fingerprint density at radius 2 is 1.66 bits per heavy atom. The molecule has 180 valence electrons. The van der Waals surface area contributed by atoms with Gasteiger partial charge in [-0.1, -0.05) is 36.4 Å². The molecular formula is C25H26N6O4. The number of para-hydroxylation sites is 1. The minimum Gasteiger partial charge on any atom is -0.311 e. The van der Waals surface area contributed by atoms with Crippen LogP contribution < -0.4 is 21.3 Å². The summed E-state index contributed by atoms with van der Waals surface area (Å²) in [6.07, 6.45) is -0.127. The van der Waals surface area contributed by atoms with Gasteiger partial charge in [0.1, 0.15) is 0 Å². The highest BCUT2D eigenvalue weighted by Crippen LogP contribution is 2.16. The average Bonchev–Trinajstić information content (AvgIpc) is 2.87. The number of anilines is 1. The third-order valence-corrected chi connectivity index (χ3v) is 5.23. The number of hydrogen-bond donors (Lipinski definition) is 2. The molecule has 35 heavy (non-hydrogen) atoms. The molecular weight excluding hydrogens is 448 g/mol. The molecule has 0 fully saturated rings. The zero-order valence-corrected chi connectivity index (χ0v) is 19.5. The van der Waals surface area contributed by atoms with Gasteiger partial charge in [-0.3, -0.25) is 30.0 Å². The molecule has 0 aliphatic rings. The Balaban J connectivity index is 1.65. The van der Waals surface area contributed by atoms with Crippen LogP contribution in [0.25, 0.3) is 10.8 Å². The quantitative estimate of drug-likeness (QED) is 0.481. The highest BCUT2D eigenvalue weighted by molar-refractivity contribution is 6.05. The summed E-state index contributed by atoms with van der Waals surface area (Å²) in [7, 11) is 0. The molecule has 3 amide bonds. The Hall–Kier alpha value is -4.52. The summed E-state index contributed by atoms with van der Waals surface area (Å²) in [4.78, 5) is 51.9. The number of fused-ring (bicyclic) bond motifs is 1. The number of nitrogens with one attached hydrogen (secondary N) is 2. The maximum absolute atomic E-state index is 12.8. The topological polar surface area (TPSA) is 137 Å². The second-order valence-electron chi connectivity index (χ2n) is 8.03. The maximum Gasteiger partial charge on any atom is 0.290 e. The van der Waals surface area contributed by atoms with Crippen LogP contribution in [-0.4, -0.2) is 34.0 Å². The van der Waals surface area contributed by atoms with E-state index in [4.69, 9.17) is 5.26 Å². The molecule has 0 atom stereocenters. The molecule has 0 bridgehead atoms. The van der Waals surface area contributed by atoms with Crippen molar-refractivity contribution in [3.63, 3.8) is 0 Å². The summed E-state index contributed by atoms with van der Waals surface area (Å²) < 4.78 is 1.22. The molecule has 10 nitrogen and oxygen atoms in total. The predicted molar refractivity (Wildman–Crippen MR) is 130 cm³/mol. The summed E-state index contributed by atoms with van der Waals surface area (Å²) in [5.41, 5.74) is 4.93. The lowest BCUT2D eigenvalue weighted by Gasteiger charge is -2.21. The number of aromatic nitrogens is 2. The van der Waals surface area contributed by atoms with Crippen molar-refractivity contribution >= 4 is 34.2 Å². The molecule has 0 aliphatic heterocycles. The van der Waals surface area contributed by atoms with Crippen LogP contribution in [0.2, 0.25) is 0 Å². The Kier molecular flexibility index (Phi) is 8.29. The number of carbonyl (C=O) groups is 3. The molecule has 0 unspecified atom stereocenters. The predicted octanol–water partition coefficient (Wildman–Crippen LogP) is 2.47. The molecule has 1 aromatic heterocycles. The number of nitrogens with zero attached hydrogens (tertiary/aromatic N) is 4. The van der Waals surface area contributed by atoms with Crippen molar-refractivity contribution < 1.29 is 14.4 Å². The van der Waals surface area contributed by atoms with E-state index in [1.165, 1.54) is 9.58 Å². The van der Waals surface area contributed by atoms with Crippen molar-refractivity contribution in [1.29, 1.82) is 5.26 Å². The third kappa shape index (κ3) is 6.09. The van der Waals surface area contributed by atoms with Crippen LogP contribution in [0.4, 0.5) is 5.69 Å². The van der Waals surface area contributed by atoms with E-state index in [0.29, 0.717) is 16.5 Å². The zero-order valence-electron chi connectivity index (χ0n) is 19.5. The smallest absolute Gasteiger partial charge is 0.290 e. The molecule has 0 saturated carbocycles. The number of hydrogen-bond acceptors (Lipinski definition) is 6. The fraction of sp³-hybridized carbons (Fsp3) is 0.280. The Morgan fingerprint density at radius 3 is 2.31 bits per heavy atom. The number of carbonyl (C=O) groups excluding carboxylic acids is 3. The lowest BCUT2D eigenvalue weighted by molar-refractivity contribution is -0.125. The van der Waals surface area contributed by atoms with Gasteiger partial charge in [0.05, 0.1) is 23.9 Å². The first-order chi connectivity index (χ1) is 16.8. The normalized spacial score (nSPS) is 10.6. The SMILES string of the molecule is CC(C)n1nc(C(=O)NNC(=O)CCC(=O)N(CCC#N)c2ccccc2)c2ccccc2c1=O. The lowest BCUT2D eigenvalue weighted by Crippen LogP contribution is -2.43. The van der Waals surface area contributed by atoms with Crippen LogP contribution in [0.1, 0.15) is 49.6 Å². The monoisotopic (exact) mass is 474 g/mol. The number of hydrazine groups is 1. The molecule has 0 radical (unpaired) electrons. The third-order valence-electron chi connectivity index (χ3n) is 5.23. The summed E-state index contributed by atoms with van der Waals surface area (Å²) in [5.74, 6) is -1.57. The first-order valence-electron chi connectivity index (χ1n) is 11.2. The number of nitriles is 1. The van der Waals surface area contributed by atoms with Crippen molar-refractivity contribution in [1.82, 2.24) is 20.6 Å². The van der Waals surface area contributed by atoms with Gasteiger partial charge in [0.25, 0.3) is 11.5 Å². The summed E-state index contributed by atoms with van der Waals surface area (Å²) >= 11 is 0. The maximum atomic E-state index is 12.8. The first-order valence-corrected chi connectivity index (χ1v) is 11.2. The summed E-state index contributed by atoms with van der Waals surface area (Å²) in [5, 5.41) is 13.8. The molecule has 0 aliphatic carbocycles. The van der Waals surface area contributed by atoms with Gasteiger partial charge < -0.3 is 4.90 Å². The Morgan fingerprint density at radius 1 is 1.00 bits per heavy atom. The van der Waals surface area contributed by atoms with Crippen LogP contribution in [0.15, 0.2) is 59.4 Å². The van der Waals surface area contributed by atoms with Crippen LogP contribution in [0.5, 0.6) is 0 Å². The van der Waals surface area contributed by atoms with Gasteiger partial charge in [0.2, 0.25) is 11.8 Å². The summed E-state index contributed by atoms with van der Waals surface area (Å²) in [6, 6.07) is 17.3. The molecule has 2 N–H and O–H groups in total. The van der Waals surface area contributed by atoms with Gasteiger partial charge in [-0.25, -0.2) is 4.68 Å². The van der Waals surface area contributed by atoms with E-state index in [2.05, 4.69) is 16.0 Å². The average molecular weight is 475 g/mol. The fourth-order valence-electron chi connectivity index (χ4n) is 3.50. The van der Waals surface area contributed by atoms with E-state index in [9.17, 15) is 19.2 Å². The van der Waals surface area contributed by atoms with Crippen molar-refractivity contribution in [3.05, 3.63) is 70.6 Å². The second-order valence-corrected chi connectivity index (χ2v) is 8.03. The van der Waals surface area contributed by atoms with E-state index in [-0.39, 0.29) is 49.0 Å². The summed E-state index contributed by atoms with van der Waals surface area (Å²) in [6.45, 7) is 3.76. The highest BCUT2D eigenvalue weighted by Gasteiger charge is 2.20. The molecule has 0 saturated heterocycles. The van der Waals surface area contributed by atoms with Crippen molar-refractivity contribution in [2.24, 2.45) is 0 Å². The number of amides is 3. The zero-order chi connectivity index (χ0) is 25.4. The standard InChI is InChI=1S/C25H26N6O4/c1-17(2)31-25(35)20-12-7-6-11-19(20)23(29-31)24(34)28-27-21(32)13-14-22(33)30(16-8-15-26)18-9-4-3-5-10-18/h3-7,9-12,17H,8,13-14,16H2,1-2H3,(H,27,32)(H,28,34).